The molecule has 0 atom stereocenters. The van der Waals surface area contributed by atoms with Crippen molar-refractivity contribution in [1.82, 2.24) is 8.94 Å². The summed E-state index contributed by atoms with van der Waals surface area (Å²) in [5, 5.41) is 14.2. The van der Waals surface area contributed by atoms with Gasteiger partial charge in [0.05, 0.1) is 18.0 Å². The molecule has 9 nitrogen and oxygen atoms in total. The Morgan fingerprint density at radius 1 is 1.06 bits per heavy atom. The van der Waals surface area contributed by atoms with E-state index in [1.54, 1.807) is 4.57 Å². The van der Waals surface area contributed by atoms with Crippen LogP contribution in [0.2, 0.25) is 0 Å². The van der Waals surface area contributed by atoms with Crippen molar-refractivity contribution in [2.45, 2.75) is 31.2 Å². The number of aromatic amines is 1. The molecule has 2 aromatic heterocycles. The number of carboxylic acid groups (broad SMARTS) is 2. The first-order valence-corrected chi connectivity index (χ1v) is 9.96. The molecule has 1 aliphatic carbocycles. The molecule has 198 valence electrons. The second kappa shape index (κ2) is 10.1. The van der Waals surface area contributed by atoms with Crippen LogP contribution in [-0.2, 0) is 9.59 Å². The van der Waals surface area contributed by atoms with Gasteiger partial charge >= 0.3 is 24.3 Å². The minimum absolute atomic E-state index is 0.0162. The third-order valence-electron chi connectivity index (χ3n) is 4.36. The summed E-state index contributed by atoms with van der Waals surface area (Å²) in [5.74, 6) is -8.12. The highest BCUT2D eigenvalue weighted by atomic mass is 32.1. The van der Waals surface area contributed by atoms with E-state index in [-0.39, 0.29) is 28.1 Å². The van der Waals surface area contributed by atoms with Gasteiger partial charge in [-0.05, 0) is 30.4 Å². The van der Waals surface area contributed by atoms with Crippen molar-refractivity contribution in [3.8, 4) is 5.75 Å². The van der Waals surface area contributed by atoms with E-state index < -0.39 is 46.9 Å². The van der Waals surface area contributed by atoms with Gasteiger partial charge in [0, 0.05) is 6.04 Å². The fraction of sp³-hybridized carbons (Fsp3) is 0.333. The van der Waals surface area contributed by atoms with E-state index in [0.29, 0.717) is 4.83 Å². The average molecular weight is 552 g/mol. The van der Waals surface area contributed by atoms with E-state index >= 15 is 0 Å². The number of hydrogen-bond acceptors (Lipinski definition) is 6. The molecule has 0 spiro atoms. The molecule has 3 N–H and O–H groups in total. The van der Waals surface area contributed by atoms with E-state index in [2.05, 4.69) is 4.37 Å². The number of fused-ring (bicyclic) bond motifs is 2. The summed E-state index contributed by atoms with van der Waals surface area (Å²) in [6.07, 6.45) is -8.47. The molecule has 4 rings (SSSR count). The highest BCUT2D eigenvalue weighted by Crippen LogP contribution is 2.42. The third kappa shape index (κ3) is 5.92. The van der Waals surface area contributed by atoms with Crippen LogP contribution in [0.1, 0.15) is 18.9 Å². The van der Waals surface area contributed by atoms with E-state index in [9.17, 15) is 44.7 Å². The van der Waals surface area contributed by atoms with Crippen LogP contribution in [0.3, 0.4) is 0 Å². The average Bonchev–Trinajstić information content (AvgIpc) is 3.51. The van der Waals surface area contributed by atoms with Crippen molar-refractivity contribution in [2.24, 2.45) is 0 Å². The summed E-state index contributed by atoms with van der Waals surface area (Å²) >= 11 is 1.02. The molecule has 1 saturated carbocycles. The number of carbonyl (C=O) groups is 2. The number of aromatic nitrogens is 2. The number of nitrogens with zero attached hydrogens (tertiary/aromatic N) is 1. The number of H-pyrrole nitrogens is 1. The lowest BCUT2D eigenvalue weighted by Crippen LogP contribution is -2.21. The molecule has 0 saturated heterocycles. The predicted octanol–water partition coefficient (Wildman–Crippen LogP) is 3.79. The maximum Gasteiger partial charge on any atom is 0.490 e. The molecule has 3 aromatic rings. The molecule has 0 aliphatic heterocycles. The molecule has 1 fully saturated rings. The van der Waals surface area contributed by atoms with E-state index in [1.165, 1.54) is 7.11 Å². The van der Waals surface area contributed by atoms with Gasteiger partial charge < -0.3 is 19.5 Å². The van der Waals surface area contributed by atoms with Crippen molar-refractivity contribution < 1.29 is 59.7 Å². The van der Waals surface area contributed by atoms with Gasteiger partial charge in [0.25, 0.3) is 5.56 Å². The smallest absolute Gasteiger partial charge is 0.490 e. The Bertz CT molecular complexity index is 1410. The lowest BCUT2D eigenvalue weighted by atomic mass is 10.1. The monoisotopic (exact) mass is 552 g/mol. The van der Waals surface area contributed by atoms with Crippen LogP contribution in [0.25, 0.3) is 21.1 Å². The zero-order chi connectivity index (χ0) is 27.7. The Labute approximate surface area is 196 Å². The highest BCUT2D eigenvalue weighted by Gasteiger charge is 2.39. The molecule has 36 heavy (non-hydrogen) atoms. The predicted molar refractivity (Wildman–Crippen MR) is 106 cm³/mol. The summed E-state index contributed by atoms with van der Waals surface area (Å²) in [5.41, 5.74) is -0.914. The Kier molecular flexibility index (Phi) is 8.02. The summed E-state index contributed by atoms with van der Waals surface area (Å²) in [6, 6.07) is 0.890. The van der Waals surface area contributed by atoms with Crippen molar-refractivity contribution in [1.29, 1.82) is 0 Å². The number of pyridine rings is 1. The summed E-state index contributed by atoms with van der Waals surface area (Å²) < 4.78 is 101. The Hall–Kier alpha value is -3.70. The lowest BCUT2D eigenvalue weighted by molar-refractivity contribution is -0.193. The fourth-order valence-electron chi connectivity index (χ4n) is 2.77. The summed E-state index contributed by atoms with van der Waals surface area (Å²) in [6.45, 7) is 0. The number of ether oxygens (including phenoxy) is 1. The number of benzene rings is 1. The molecule has 1 aromatic carbocycles. The lowest BCUT2D eigenvalue weighted by Gasteiger charge is -2.15. The first kappa shape index (κ1) is 28.5. The van der Waals surface area contributed by atoms with Crippen LogP contribution in [-0.4, -0.2) is 50.6 Å². The maximum atomic E-state index is 14.1. The second-order valence-electron chi connectivity index (χ2n) is 6.85. The molecule has 2 heterocycles. The van der Waals surface area contributed by atoms with Crippen molar-refractivity contribution in [3.63, 3.8) is 0 Å². The first-order chi connectivity index (χ1) is 16.4. The molecule has 18 heteroatoms. The van der Waals surface area contributed by atoms with Crippen LogP contribution in [0, 0.1) is 11.6 Å². The van der Waals surface area contributed by atoms with Gasteiger partial charge in [-0.25, -0.2) is 14.0 Å². The van der Waals surface area contributed by atoms with Gasteiger partial charge in [0.1, 0.15) is 10.2 Å². The Morgan fingerprint density at radius 2 is 1.53 bits per heavy atom. The fourth-order valence-corrected chi connectivity index (χ4v) is 3.69. The van der Waals surface area contributed by atoms with Crippen molar-refractivity contribution in [3.05, 3.63) is 38.3 Å². The minimum atomic E-state index is -5.08. The number of halogens is 8. The van der Waals surface area contributed by atoms with Crippen LogP contribution < -0.4 is 15.7 Å². The standard InChI is InChI=1S/C14H10F2N2O3S.2C2HF3O2/c1-21-12-9(16)7(15)4-6-10(12)18(5-2-3-5)14-8(11(6)19)13(20)17-22-14;2*3-2(4,5)1(6)7/h4-5H,2-3H2,1H3,(H,17,20);2*(H,6,7). The summed E-state index contributed by atoms with van der Waals surface area (Å²) in [4.78, 5) is 42.6. The normalized spacial score (nSPS) is 13.5. The van der Waals surface area contributed by atoms with E-state index in [0.717, 1.165) is 30.4 Å². The number of alkyl halides is 6. The SMILES string of the molecule is COc1c(F)c(F)cc2c(=O)c3c(=O)[nH]sc3n(C3CC3)c12.O=C(O)C(F)(F)F.O=C(O)C(F)(F)F. The van der Waals surface area contributed by atoms with Gasteiger partial charge in [-0.15, -0.1) is 0 Å². The third-order valence-corrected chi connectivity index (χ3v) is 5.25. The largest absolute Gasteiger partial charge is 0.491 e. The van der Waals surface area contributed by atoms with Gasteiger partial charge in [0.15, 0.2) is 11.6 Å². The molecule has 0 unspecified atom stereocenters. The highest BCUT2D eigenvalue weighted by molar-refractivity contribution is 7.12. The van der Waals surface area contributed by atoms with Crippen LogP contribution in [0.4, 0.5) is 35.1 Å². The molecule has 0 bridgehead atoms. The number of aliphatic carboxylic acids is 2. The van der Waals surface area contributed by atoms with Crippen molar-refractivity contribution >= 4 is 44.6 Å². The Morgan fingerprint density at radius 3 is 1.92 bits per heavy atom. The van der Waals surface area contributed by atoms with Gasteiger partial charge in [0.2, 0.25) is 11.2 Å². The minimum Gasteiger partial charge on any atom is -0.491 e. The van der Waals surface area contributed by atoms with Crippen LogP contribution in [0.15, 0.2) is 15.7 Å². The van der Waals surface area contributed by atoms with Gasteiger partial charge in [-0.3, -0.25) is 14.0 Å². The topological polar surface area (TPSA) is 139 Å². The number of carboxylic acids is 2. The van der Waals surface area contributed by atoms with Crippen molar-refractivity contribution in [2.75, 3.05) is 7.11 Å². The maximum absolute atomic E-state index is 14.1. The summed E-state index contributed by atoms with van der Waals surface area (Å²) in [7, 11) is 1.22. The molecule has 0 amide bonds. The van der Waals surface area contributed by atoms with Crippen LogP contribution in [0.5, 0.6) is 5.75 Å². The second-order valence-corrected chi connectivity index (χ2v) is 7.65. The zero-order valence-corrected chi connectivity index (χ0v) is 18.2. The molecule has 0 radical (unpaired) electrons. The first-order valence-electron chi connectivity index (χ1n) is 9.15. The molecular weight excluding hydrogens is 540 g/mol. The van der Waals surface area contributed by atoms with E-state index in [4.69, 9.17) is 24.5 Å². The quantitative estimate of drug-likeness (QED) is 0.411. The number of rotatable bonds is 2. The van der Waals surface area contributed by atoms with Gasteiger partial charge in [-0.2, -0.15) is 30.7 Å². The van der Waals surface area contributed by atoms with Crippen LogP contribution >= 0.6 is 11.5 Å². The Balaban J connectivity index is 0.000000271. The number of methoxy groups -OCH3 is 1. The number of nitrogens with one attached hydrogen (secondary N) is 1. The van der Waals surface area contributed by atoms with Gasteiger partial charge in [-0.1, -0.05) is 0 Å². The zero-order valence-electron chi connectivity index (χ0n) is 17.4. The van der Waals surface area contributed by atoms with E-state index in [1.807, 2.05) is 0 Å². The molecule has 1 aliphatic rings. The molecular formula is C18H12F8N2O7S. The number of hydrogen-bond donors (Lipinski definition) is 3.